The van der Waals surface area contributed by atoms with Crippen LogP contribution in [0.3, 0.4) is 0 Å². The molecule has 0 spiro atoms. The molecule has 0 atom stereocenters. The van der Waals surface area contributed by atoms with Crippen LogP contribution in [0.15, 0.2) is 24.3 Å². The maximum absolute atomic E-state index is 11.5. The van der Waals surface area contributed by atoms with Gasteiger partial charge >= 0.3 is 0 Å². The van der Waals surface area contributed by atoms with Crippen molar-refractivity contribution in [1.82, 2.24) is 5.32 Å². The SMILES string of the molecule is CC.CCCCCOc1ccccc1C(=O)NC. The summed E-state index contributed by atoms with van der Waals surface area (Å²) in [6.45, 7) is 6.82. The lowest BCUT2D eigenvalue weighted by atomic mass is 10.2. The summed E-state index contributed by atoms with van der Waals surface area (Å²) in [7, 11) is 1.62. The van der Waals surface area contributed by atoms with Gasteiger partial charge in [-0.1, -0.05) is 45.7 Å². The van der Waals surface area contributed by atoms with Crippen molar-refractivity contribution in [3.8, 4) is 5.75 Å². The van der Waals surface area contributed by atoms with E-state index >= 15 is 0 Å². The summed E-state index contributed by atoms with van der Waals surface area (Å²) in [5.41, 5.74) is 0.599. The Kier molecular flexibility index (Phi) is 9.74. The number of unbranched alkanes of at least 4 members (excludes halogenated alkanes) is 2. The van der Waals surface area contributed by atoms with E-state index in [-0.39, 0.29) is 5.91 Å². The lowest BCUT2D eigenvalue weighted by Crippen LogP contribution is -2.18. The Balaban J connectivity index is 0.00000137. The number of ether oxygens (including phenoxy) is 1. The van der Waals surface area contributed by atoms with Gasteiger partial charge in [0.15, 0.2) is 0 Å². The second-order valence-electron chi connectivity index (χ2n) is 3.63. The van der Waals surface area contributed by atoms with Crippen LogP contribution >= 0.6 is 0 Å². The summed E-state index contributed by atoms with van der Waals surface area (Å²) in [5.74, 6) is 0.559. The van der Waals surface area contributed by atoms with Crippen molar-refractivity contribution in [3.05, 3.63) is 29.8 Å². The lowest BCUT2D eigenvalue weighted by molar-refractivity contribution is 0.0959. The molecule has 0 radical (unpaired) electrons. The van der Waals surface area contributed by atoms with Crippen LogP contribution in [0.25, 0.3) is 0 Å². The minimum Gasteiger partial charge on any atom is -0.493 e. The molecule has 0 unspecified atom stereocenters. The molecule has 0 aromatic heterocycles. The Bertz CT molecular complexity index is 337. The Morgan fingerprint density at radius 3 is 2.50 bits per heavy atom. The van der Waals surface area contributed by atoms with Gasteiger partial charge in [0.05, 0.1) is 12.2 Å². The molecule has 1 rings (SSSR count). The standard InChI is InChI=1S/C13H19NO2.C2H6/c1-3-4-7-10-16-12-9-6-5-8-11(12)13(15)14-2;1-2/h5-6,8-9H,3-4,7,10H2,1-2H3,(H,14,15);1-2H3. The predicted molar refractivity (Wildman–Crippen MR) is 76.2 cm³/mol. The largest absolute Gasteiger partial charge is 0.493 e. The maximum Gasteiger partial charge on any atom is 0.254 e. The van der Waals surface area contributed by atoms with E-state index in [9.17, 15) is 4.79 Å². The predicted octanol–water partition coefficient (Wildman–Crippen LogP) is 3.64. The van der Waals surface area contributed by atoms with Gasteiger partial charge < -0.3 is 10.1 Å². The molecule has 1 amide bonds. The zero-order valence-electron chi connectivity index (χ0n) is 12.0. The Morgan fingerprint density at radius 1 is 1.22 bits per heavy atom. The number of nitrogens with one attached hydrogen (secondary N) is 1. The molecule has 0 aliphatic carbocycles. The van der Waals surface area contributed by atoms with Gasteiger partial charge in [-0.15, -0.1) is 0 Å². The zero-order valence-corrected chi connectivity index (χ0v) is 12.0. The van der Waals surface area contributed by atoms with Crippen LogP contribution in [-0.2, 0) is 0 Å². The summed E-state index contributed by atoms with van der Waals surface area (Å²) in [4.78, 5) is 11.5. The average Bonchev–Trinajstić information content (AvgIpc) is 2.45. The van der Waals surface area contributed by atoms with Crippen molar-refractivity contribution >= 4 is 5.91 Å². The van der Waals surface area contributed by atoms with Crippen LogP contribution in [0.1, 0.15) is 50.4 Å². The Hall–Kier alpha value is -1.51. The summed E-state index contributed by atoms with van der Waals surface area (Å²) >= 11 is 0. The summed E-state index contributed by atoms with van der Waals surface area (Å²) in [5, 5.41) is 2.60. The molecular formula is C15H25NO2. The first-order valence-electron chi connectivity index (χ1n) is 6.73. The van der Waals surface area contributed by atoms with Gasteiger partial charge in [0.1, 0.15) is 5.75 Å². The van der Waals surface area contributed by atoms with Gasteiger partial charge in [-0.2, -0.15) is 0 Å². The Morgan fingerprint density at radius 2 is 1.89 bits per heavy atom. The van der Waals surface area contributed by atoms with E-state index in [0.717, 1.165) is 12.8 Å². The molecule has 3 heteroatoms. The second-order valence-corrected chi connectivity index (χ2v) is 3.63. The van der Waals surface area contributed by atoms with Gasteiger partial charge in [-0.3, -0.25) is 4.79 Å². The molecule has 0 heterocycles. The van der Waals surface area contributed by atoms with E-state index in [4.69, 9.17) is 4.74 Å². The van der Waals surface area contributed by atoms with Gasteiger partial charge in [0, 0.05) is 7.05 Å². The topological polar surface area (TPSA) is 38.3 Å². The van der Waals surface area contributed by atoms with Gasteiger partial charge in [-0.25, -0.2) is 0 Å². The quantitative estimate of drug-likeness (QED) is 0.784. The first kappa shape index (κ1) is 16.5. The number of hydrogen-bond donors (Lipinski definition) is 1. The van der Waals surface area contributed by atoms with Crippen LogP contribution in [0.2, 0.25) is 0 Å². The first-order valence-corrected chi connectivity index (χ1v) is 6.73. The van der Waals surface area contributed by atoms with E-state index in [1.165, 1.54) is 6.42 Å². The van der Waals surface area contributed by atoms with Gasteiger partial charge in [0.25, 0.3) is 5.91 Å². The highest BCUT2D eigenvalue weighted by Crippen LogP contribution is 2.18. The van der Waals surface area contributed by atoms with E-state index in [1.54, 1.807) is 13.1 Å². The van der Waals surface area contributed by atoms with Crippen molar-refractivity contribution in [2.24, 2.45) is 0 Å². The maximum atomic E-state index is 11.5. The molecule has 1 aromatic carbocycles. The summed E-state index contributed by atoms with van der Waals surface area (Å²) in [6.07, 6.45) is 3.35. The fourth-order valence-electron chi connectivity index (χ4n) is 1.45. The van der Waals surface area contributed by atoms with Crippen LogP contribution in [-0.4, -0.2) is 19.6 Å². The fraction of sp³-hybridized carbons (Fsp3) is 0.533. The molecule has 1 N–H and O–H groups in total. The number of amides is 1. The molecule has 18 heavy (non-hydrogen) atoms. The summed E-state index contributed by atoms with van der Waals surface area (Å²) in [6, 6.07) is 7.32. The van der Waals surface area contributed by atoms with Crippen LogP contribution < -0.4 is 10.1 Å². The van der Waals surface area contributed by atoms with Crippen molar-refractivity contribution < 1.29 is 9.53 Å². The van der Waals surface area contributed by atoms with Crippen molar-refractivity contribution in [3.63, 3.8) is 0 Å². The van der Waals surface area contributed by atoms with Crippen molar-refractivity contribution in [2.45, 2.75) is 40.0 Å². The fourth-order valence-corrected chi connectivity index (χ4v) is 1.45. The lowest BCUT2D eigenvalue weighted by Gasteiger charge is -2.09. The minimum absolute atomic E-state index is 0.105. The molecule has 3 nitrogen and oxygen atoms in total. The molecule has 0 bridgehead atoms. The third kappa shape index (κ3) is 5.71. The molecule has 0 saturated carbocycles. The molecule has 102 valence electrons. The van der Waals surface area contributed by atoms with Gasteiger partial charge in [-0.05, 0) is 18.6 Å². The first-order chi connectivity index (χ1) is 8.79. The van der Waals surface area contributed by atoms with Crippen LogP contribution in [0.5, 0.6) is 5.75 Å². The Labute approximate surface area is 111 Å². The zero-order chi connectivity index (χ0) is 13.8. The third-order valence-electron chi connectivity index (χ3n) is 2.36. The number of para-hydroxylation sites is 1. The number of rotatable bonds is 6. The minimum atomic E-state index is -0.105. The molecule has 0 aliphatic heterocycles. The number of carbonyl (C=O) groups is 1. The molecule has 0 fully saturated rings. The average molecular weight is 251 g/mol. The van der Waals surface area contributed by atoms with E-state index in [0.29, 0.717) is 17.9 Å². The van der Waals surface area contributed by atoms with Crippen molar-refractivity contribution in [2.75, 3.05) is 13.7 Å². The van der Waals surface area contributed by atoms with E-state index in [2.05, 4.69) is 12.2 Å². The smallest absolute Gasteiger partial charge is 0.254 e. The summed E-state index contributed by atoms with van der Waals surface area (Å²) < 4.78 is 5.60. The normalized spacial score (nSPS) is 9.11. The molecule has 0 saturated heterocycles. The second kappa shape index (κ2) is 10.6. The third-order valence-corrected chi connectivity index (χ3v) is 2.36. The van der Waals surface area contributed by atoms with Crippen molar-refractivity contribution in [1.29, 1.82) is 0 Å². The highest BCUT2D eigenvalue weighted by Gasteiger charge is 2.09. The molecule has 1 aromatic rings. The molecule has 0 aliphatic rings. The van der Waals surface area contributed by atoms with E-state index in [1.807, 2.05) is 32.0 Å². The number of hydrogen-bond acceptors (Lipinski definition) is 2. The molecular weight excluding hydrogens is 226 g/mol. The van der Waals surface area contributed by atoms with Crippen LogP contribution in [0.4, 0.5) is 0 Å². The number of carbonyl (C=O) groups excluding carboxylic acids is 1. The monoisotopic (exact) mass is 251 g/mol. The van der Waals surface area contributed by atoms with Crippen LogP contribution in [0, 0.1) is 0 Å². The number of benzene rings is 1. The van der Waals surface area contributed by atoms with E-state index < -0.39 is 0 Å². The highest BCUT2D eigenvalue weighted by atomic mass is 16.5. The highest BCUT2D eigenvalue weighted by molar-refractivity contribution is 5.96. The van der Waals surface area contributed by atoms with Gasteiger partial charge in [0.2, 0.25) is 0 Å².